The van der Waals surface area contributed by atoms with E-state index in [1.807, 2.05) is 31.2 Å². The van der Waals surface area contributed by atoms with Gasteiger partial charge in [-0.05, 0) is 36.8 Å². The number of benzene rings is 2. The monoisotopic (exact) mass is 381 g/mol. The smallest absolute Gasteiger partial charge is 0.259 e. The molecule has 7 nitrogen and oxygen atoms in total. The number of morpholine rings is 1. The summed E-state index contributed by atoms with van der Waals surface area (Å²) in [6.45, 7) is 6.18. The van der Waals surface area contributed by atoms with Crippen molar-refractivity contribution in [3.05, 3.63) is 66.2 Å². The first-order valence-electron chi connectivity index (χ1n) is 8.90. The van der Waals surface area contributed by atoms with Crippen LogP contribution in [0.2, 0.25) is 0 Å². The number of aliphatic hydroxyl groups is 1. The van der Waals surface area contributed by atoms with Crippen LogP contribution in [0.5, 0.6) is 0 Å². The van der Waals surface area contributed by atoms with Crippen molar-refractivity contribution in [2.75, 3.05) is 23.4 Å². The number of nitrogens with one attached hydrogen (secondary N) is 1. The van der Waals surface area contributed by atoms with Gasteiger partial charge in [0.25, 0.3) is 11.8 Å². The normalized spacial score (nSPS) is 17.9. The fraction of sp³-hybridized carbons (Fsp3) is 0.238. The average molecular weight is 381 g/mol. The third-order valence-corrected chi connectivity index (χ3v) is 4.55. The summed E-state index contributed by atoms with van der Waals surface area (Å²) in [6.07, 6.45) is -2.90. The predicted octanol–water partition coefficient (Wildman–Crippen LogP) is 1.66. The maximum Gasteiger partial charge on any atom is 0.259 e. The molecule has 2 amide bonds. The van der Waals surface area contributed by atoms with Crippen LogP contribution in [0.15, 0.2) is 55.1 Å². The van der Waals surface area contributed by atoms with Crippen molar-refractivity contribution in [1.82, 2.24) is 0 Å². The Labute approximate surface area is 163 Å². The molecule has 0 aromatic heterocycles. The molecule has 0 saturated carbocycles. The van der Waals surface area contributed by atoms with Gasteiger partial charge in [-0.25, -0.2) is 0 Å². The van der Waals surface area contributed by atoms with E-state index < -0.39 is 24.0 Å². The third-order valence-electron chi connectivity index (χ3n) is 4.55. The Kier molecular flexibility index (Phi) is 5.77. The fourth-order valence-electron chi connectivity index (χ4n) is 2.93. The number of hydrogen-bond donors (Lipinski definition) is 3. The van der Waals surface area contributed by atoms with E-state index in [2.05, 4.69) is 11.9 Å². The van der Waals surface area contributed by atoms with Crippen molar-refractivity contribution in [1.29, 1.82) is 0 Å². The van der Waals surface area contributed by atoms with Crippen LogP contribution in [0.25, 0.3) is 5.70 Å². The molecule has 1 aliphatic rings. The van der Waals surface area contributed by atoms with Gasteiger partial charge in [-0.2, -0.15) is 0 Å². The second kappa shape index (κ2) is 8.24. The van der Waals surface area contributed by atoms with Crippen LogP contribution in [-0.4, -0.2) is 42.3 Å². The number of nitrogens with zero attached hydrogens (tertiary/aromatic N) is 1. The molecule has 1 saturated heterocycles. The first-order valence-corrected chi connectivity index (χ1v) is 8.90. The quantitative estimate of drug-likeness (QED) is 0.731. The van der Waals surface area contributed by atoms with Crippen LogP contribution in [0.4, 0.5) is 11.4 Å². The first kappa shape index (κ1) is 19.6. The summed E-state index contributed by atoms with van der Waals surface area (Å²) in [5, 5.41) is 13.0. The minimum Gasteiger partial charge on any atom is -0.399 e. The number of aryl methyl sites for hydroxylation is 1. The number of carbonyl (C=O) groups is 2. The number of nitrogens with two attached hydrogens (primary N) is 1. The van der Waals surface area contributed by atoms with Crippen molar-refractivity contribution in [3.63, 3.8) is 0 Å². The van der Waals surface area contributed by atoms with Crippen molar-refractivity contribution >= 4 is 28.9 Å². The second-order valence-corrected chi connectivity index (χ2v) is 6.65. The lowest BCUT2D eigenvalue weighted by Gasteiger charge is -2.34. The molecule has 1 fully saturated rings. The topological polar surface area (TPSA) is 105 Å². The molecule has 28 heavy (non-hydrogen) atoms. The molecule has 2 aromatic rings. The standard InChI is InChI=1S/C21H23N3O4/c1-13-3-9-17(10-4-13)24-11-12-28-19(21(24)27)18(25)20(26)23-16-7-5-15(6-8-16)14(2)22/h3-10,18-19,25H,2,11-12,22H2,1H3,(H,23,26)/t18-,19-/m1/s1. The molecule has 0 spiro atoms. The summed E-state index contributed by atoms with van der Waals surface area (Å²) in [5.74, 6) is -1.17. The molecule has 146 valence electrons. The molecule has 0 bridgehead atoms. The maximum absolute atomic E-state index is 12.8. The summed E-state index contributed by atoms with van der Waals surface area (Å²) < 4.78 is 5.41. The van der Waals surface area contributed by atoms with Crippen LogP contribution in [-0.2, 0) is 14.3 Å². The number of ether oxygens (including phenoxy) is 1. The lowest BCUT2D eigenvalue weighted by Crippen LogP contribution is -2.55. The Hall–Kier alpha value is -3.16. The number of rotatable bonds is 5. The van der Waals surface area contributed by atoms with E-state index >= 15 is 0 Å². The van der Waals surface area contributed by atoms with Gasteiger partial charge < -0.3 is 25.8 Å². The van der Waals surface area contributed by atoms with E-state index in [-0.39, 0.29) is 6.61 Å². The van der Waals surface area contributed by atoms with E-state index in [1.165, 1.54) is 4.90 Å². The van der Waals surface area contributed by atoms with Crippen molar-refractivity contribution in [3.8, 4) is 0 Å². The largest absolute Gasteiger partial charge is 0.399 e. The first-order chi connectivity index (χ1) is 13.4. The van der Waals surface area contributed by atoms with Gasteiger partial charge in [-0.3, -0.25) is 9.59 Å². The number of aliphatic hydroxyl groups excluding tert-OH is 1. The molecule has 3 rings (SSSR count). The predicted molar refractivity (Wildman–Crippen MR) is 108 cm³/mol. The molecule has 2 aromatic carbocycles. The van der Waals surface area contributed by atoms with Crippen LogP contribution in [0.3, 0.4) is 0 Å². The summed E-state index contributed by atoms with van der Waals surface area (Å²) in [5.41, 5.74) is 9.00. The molecule has 7 heteroatoms. The van der Waals surface area contributed by atoms with E-state index in [9.17, 15) is 14.7 Å². The Morgan fingerprint density at radius 1 is 1.25 bits per heavy atom. The van der Waals surface area contributed by atoms with Crippen molar-refractivity contribution < 1.29 is 19.4 Å². The van der Waals surface area contributed by atoms with Gasteiger partial charge in [0, 0.05) is 23.6 Å². The highest BCUT2D eigenvalue weighted by molar-refractivity contribution is 6.03. The summed E-state index contributed by atoms with van der Waals surface area (Å²) in [4.78, 5) is 26.7. The summed E-state index contributed by atoms with van der Waals surface area (Å²) in [6, 6.07) is 14.1. The van der Waals surface area contributed by atoms with Gasteiger partial charge in [0.15, 0.2) is 12.2 Å². The third kappa shape index (κ3) is 4.21. The van der Waals surface area contributed by atoms with Crippen LogP contribution < -0.4 is 16.0 Å². The highest BCUT2D eigenvalue weighted by Crippen LogP contribution is 2.21. The Morgan fingerprint density at radius 2 is 1.89 bits per heavy atom. The highest BCUT2D eigenvalue weighted by atomic mass is 16.5. The minimum absolute atomic E-state index is 0.224. The number of carbonyl (C=O) groups excluding carboxylic acids is 2. The zero-order chi connectivity index (χ0) is 20.3. The second-order valence-electron chi connectivity index (χ2n) is 6.65. The zero-order valence-electron chi connectivity index (χ0n) is 15.6. The lowest BCUT2D eigenvalue weighted by atomic mass is 10.1. The van der Waals surface area contributed by atoms with E-state index in [0.29, 0.717) is 23.6 Å². The van der Waals surface area contributed by atoms with Crippen LogP contribution >= 0.6 is 0 Å². The Bertz CT molecular complexity index is 878. The molecular weight excluding hydrogens is 358 g/mol. The maximum atomic E-state index is 12.8. The van der Waals surface area contributed by atoms with Gasteiger partial charge in [0.1, 0.15) is 0 Å². The Balaban J connectivity index is 1.69. The molecule has 1 heterocycles. The van der Waals surface area contributed by atoms with Crippen LogP contribution in [0, 0.1) is 6.92 Å². The van der Waals surface area contributed by atoms with Gasteiger partial charge in [0.05, 0.1) is 6.61 Å². The number of hydrogen-bond acceptors (Lipinski definition) is 5. The number of amides is 2. The minimum atomic E-state index is -1.63. The molecule has 2 atom stereocenters. The molecule has 0 unspecified atom stereocenters. The zero-order valence-corrected chi connectivity index (χ0v) is 15.6. The lowest BCUT2D eigenvalue weighted by molar-refractivity contribution is -0.150. The molecule has 1 aliphatic heterocycles. The molecular formula is C21H23N3O4. The van der Waals surface area contributed by atoms with Crippen molar-refractivity contribution in [2.45, 2.75) is 19.1 Å². The molecule has 0 radical (unpaired) electrons. The van der Waals surface area contributed by atoms with Gasteiger partial charge in [0.2, 0.25) is 0 Å². The van der Waals surface area contributed by atoms with E-state index in [4.69, 9.17) is 10.5 Å². The number of anilines is 2. The Morgan fingerprint density at radius 3 is 2.50 bits per heavy atom. The summed E-state index contributed by atoms with van der Waals surface area (Å²) in [7, 11) is 0. The SMILES string of the molecule is C=C(N)c1ccc(NC(=O)[C@H](O)[C@H]2OCCN(c3ccc(C)cc3)C2=O)cc1. The average Bonchev–Trinajstić information content (AvgIpc) is 2.69. The van der Waals surface area contributed by atoms with E-state index in [0.717, 1.165) is 11.1 Å². The van der Waals surface area contributed by atoms with Gasteiger partial charge in [-0.1, -0.05) is 36.4 Å². The summed E-state index contributed by atoms with van der Waals surface area (Å²) >= 11 is 0. The fourth-order valence-corrected chi connectivity index (χ4v) is 2.93. The van der Waals surface area contributed by atoms with Crippen LogP contribution in [0.1, 0.15) is 11.1 Å². The highest BCUT2D eigenvalue weighted by Gasteiger charge is 2.39. The van der Waals surface area contributed by atoms with Gasteiger partial charge >= 0.3 is 0 Å². The van der Waals surface area contributed by atoms with Crippen molar-refractivity contribution in [2.24, 2.45) is 5.73 Å². The molecule has 4 N–H and O–H groups in total. The molecule has 0 aliphatic carbocycles. The van der Waals surface area contributed by atoms with E-state index in [1.54, 1.807) is 24.3 Å². The van der Waals surface area contributed by atoms with Gasteiger partial charge in [-0.15, -0.1) is 0 Å².